The van der Waals surface area contributed by atoms with Gasteiger partial charge in [-0.25, -0.2) is 4.98 Å². The molecule has 5 nitrogen and oxygen atoms in total. The Morgan fingerprint density at radius 3 is 2.74 bits per heavy atom. The molecular weight excluding hydrogens is 290 g/mol. The largest absolute Gasteiger partial charge is 0.341 e. The first kappa shape index (κ1) is 14.8. The summed E-state index contributed by atoms with van der Waals surface area (Å²) >= 11 is 0. The van der Waals surface area contributed by atoms with Crippen LogP contribution >= 0.6 is 0 Å². The molecule has 2 aromatic heterocycles. The van der Waals surface area contributed by atoms with E-state index in [0.29, 0.717) is 28.1 Å². The molecule has 5 heteroatoms. The van der Waals surface area contributed by atoms with Gasteiger partial charge in [-0.1, -0.05) is 40.9 Å². The third kappa shape index (κ3) is 2.79. The number of fused-ring (bicyclic) bond motifs is 1. The lowest BCUT2D eigenvalue weighted by molar-refractivity contribution is 0.0960. The highest BCUT2D eigenvalue weighted by molar-refractivity contribution is 6.07. The maximum atomic E-state index is 12.4. The van der Waals surface area contributed by atoms with Crippen LogP contribution in [-0.2, 0) is 0 Å². The molecule has 0 unspecified atom stereocenters. The van der Waals surface area contributed by atoms with E-state index < -0.39 is 0 Å². The first-order valence-corrected chi connectivity index (χ1v) is 7.16. The smallest absolute Gasteiger partial charge is 0.259 e. The number of carbonyl (C=O) groups excluding carboxylic acids is 1. The third-order valence-corrected chi connectivity index (χ3v) is 3.56. The second kappa shape index (κ2) is 5.93. The van der Waals surface area contributed by atoms with Crippen molar-refractivity contribution in [1.29, 1.82) is 0 Å². The first-order valence-electron chi connectivity index (χ1n) is 7.16. The zero-order chi connectivity index (χ0) is 16.4. The summed E-state index contributed by atoms with van der Waals surface area (Å²) in [6.07, 6.45) is 5.20. The molecule has 0 saturated carbocycles. The number of pyridine rings is 1. The van der Waals surface area contributed by atoms with Gasteiger partial charge in [0.2, 0.25) is 0 Å². The van der Waals surface area contributed by atoms with E-state index >= 15 is 0 Å². The van der Waals surface area contributed by atoms with Crippen molar-refractivity contribution in [3.05, 3.63) is 47.2 Å². The van der Waals surface area contributed by atoms with Crippen molar-refractivity contribution >= 4 is 17.0 Å². The molecule has 1 N–H and O–H groups in total. The van der Waals surface area contributed by atoms with Gasteiger partial charge in [-0.15, -0.1) is 6.42 Å². The molecule has 23 heavy (non-hydrogen) atoms. The van der Waals surface area contributed by atoms with Gasteiger partial charge >= 0.3 is 0 Å². The highest BCUT2D eigenvalue weighted by Crippen LogP contribution is 2.27. The van der Waals surface area contributed by atoms with Gasteiger partial charge in [-0.05, 0) is 19.9 Å². The van der Waals surface area contributed by atoms with E-state index in [2.05, 4.69) is 21.4 Å². The molecule has 1 aromatic carbocycles. The summed E-state index contributed by atoms with van der Waals surface area (Å²) in [5.74, 6) is 2.12. The third-order valence-electron chi connectivity index (χ3n) is 3.56. The summed E-state index contributed by atoms with van der Waals surface area (Å²) in [5, 5.41) is 7.19. The Bertz CT molecular complexity index is 918. The molecule has 0 fully saturated rings. The minimum Gasteiger partial charge on any atom is -0.341 e. The second-order valence-corrected chi connectivity index (χ2v) is 5.26. The van der Waals surface area contributed by atoms with Crippen molar-refractivity contribution in [2.45, 2.75) is 13.8 Å². The quantitative estimate of drug-likeness (QED) is 0.756. The standard InChI is InChI=1S/C18H15N3O2/c1-4-9-19-17(22)14-10-15(13-7-5-11(2)6-8-13)20-18-16(14)12(3)21-23-18/h1,5-8,10H,9H2,2-3H3,(H,19,22). The van der Waals surface area contributed by atoms with Gasteiger partial charge in [0.05, 0.1) is 28.9 Å². The Morgan fingerprint density at radius 1 is 1.30 bits per heavy atom. The van der Waals surface area contributed by atoms with Crippen LogP contribution in [0.3, 0.4) is 0 Å². The number of nitrogens with zero attached hydrogens (tertiary/aromatic N) is 2. The van der Waals surface area contributed by atoms with Crippen LogP contribution < -0.4 is 5.32 Å². The number of hydrogen-bond donors (Lipinski definition) is 1. The van der Waals surface area contributed by atoms with Crippen LogP contribution in [0.5, 0.6) is 0 Å². The van der Waals surface area contributed by atoms with Crippen molar-refractivity contribution in [3.63, 3.8) is 0 Å². The summed E-state index contributed by atoms with van der Waals surface area (Å²) in [6.45, 7) is 3.95. The van der Waals surface area contributed by atoms with E-state index in [1.54, 1.807) is 13.0 Å². The highest BCUT2D eigenvalue weighted by atomic mass is 16.5. The summed E-state index contributed by atoms with van der Waals surface area (Å²) in [5.41, 5.74) is 4.12. The maximum absolute atomic E-state index is 12.4. The fourth-order valence-corrected chi connectivity index (χ4v) is 2.37. The average Bonchev–Trinajstić information content (AvgIpc) is 2.94. The summed E-state index contributed by atoms with van der Waals surface area (Å²) in [6, 6.07) is 9.63. The predicted octanol–water partition coefficient (Wildman–Crippen LogP) is 2.87. The minimum absolute atomic E-state index is 0.160. The Balaban J connectivity index is 2.16. The second-order valence-electron chi connectivity index (χ2n) is 5.26. The Morgan fingerprint density at radius 2 is 2.04 bits per heavy atom. The molecule has 114 valence electrons. The number of benzene rings is 1. The van der Waals surface area contributed by atoms with Gasteiger partial charge in [0.15, 0.2) is 0 Å². The van der Waals surface area contributed by atoms with Crippen molar-refractivity contribution in [2.75, 3.05) is 6.54 Å². The molecule has 0 bridgehead atoms. The van der Waals surface area contributed by atoms with Crippen LogP contribution in [-0.4, -0.2) is 22.6 Å². The molecule has 0 spiro atoms. The van der Waals surface area contributed by atoms with E-state index in [9.17, 15) is 4.79 Å². The van der Waals surface area contributed by atoms with Crippen LogP contribution in [0.4, 0.5) is 0 Å². The Hall–Kier alpha value is -3.13. The number of rotatable bonds is 3. The summed E-state index contributed by atoms with van der Waals surface area (Å²) in [4.78, 5) is 16.9. The number of hydrogen-bond acceptors (Lipinski definition) is 4. The van der Waals surface area contributed by atoms with Gasteiger partial charge < -0.3 is 9.84 Å². The normalized spacial score (nSPS) is 10.5. The predicted molar refractivity (Wildman–Crippen MR) is 87.9 cm³/mol. The molecule has 0 saturated heterocycles. The Kier molecular flexibility index (Phi) is 3.82. The van der Waals surface area contributed by atoms with E-state index in [4.69, 9.17) is 10.9 Å². The molecule has 2 heterocycles. The molecule has 0 aliphatic rings. The van der Waals surface area contributed by atoms with E-state index in [0.717, 1.165) is 11.1 Å². The van der Waals surface area contributed by atoms with Gasteiger partial charge in [-0.2, -0.15) is 0 Å². The van der Waals surface area contributed by atoms with Crippen molar-refractivity contribution in [3.8, 4) is 23.6 Å². The number of amides is 1. The number of aromatic nitrogens is 2. The number of carbonyl (C=O) groups is 1. The highest BCUT2D eigenvalue weighted by Gasteiger charge is 2.18. The zero-order valence-corrected chi connectivity index (χ0v) is 12.9. The summed E-state index contributed by atoms with van der Waals surface area (Å²) in [7, 11) is 0. The number of aryl methyl sites for hydroxylation is 2. The van der Waals surface area contributed by atoms with Crippen LogP contribution in [0.1, 0.15) is 21.6 Å². The van der Waals surface area contributed by atoms with Crippen molar-refractivity contribution in [2.24, 2.45) is 0 Å². The zero-order valence-electron chi connectivity index (χ0n) is 12.9. The first-order chi connectivity index (χ1) is 11.1. The topological polar surface area (TPSA) is 68.0 Å². The molecule has 0 aliphatic carbocycles. The lowest BCUT2D eigenvalue weighted by Crippen LogP contribution is -2.24. The lowest BCUT2D eigenvalue weighted by atomic mass is 10.0. The fourth-order valence-electron chi connectivity index (χ4n) is 2.37. The van der Waals surface area contributed by atoms with Crippen LogP contribution in [0.15, 0.2) is 34.9 Å². The van der Waals surface area contributed by atoms with E-state index in [1.807, 2.05) is 31.2 Å². The fraction of sp³-hybridized carbons (Fsp3) is 0.167. The molecule has 3 aromatic rings. The SMILES string of the molecule is C#CCNC(=O)c1cc(-c2ccc(C)cc2)nc2onc(C)c12. The van der Waals surface area contributed by atoms with Gasteiger partial charge in [0, 0.05) is 5.56 Å². The molecule has 1 amide bonds. The number of nitrogens with one attached hydrogen (secondary N) is 1. The van der Waals surface area contributed by atoms with Crippen molar-refractivity contribution < 1.29 is 9.32 Å². The maximum Gasteiger partial charge on any atom is 0.259 e. The van der Waals surface area contributed by atoms with Crippen LogP contribution in [0.2, 0.25) is 0 Å². The molecule has 3 rings (SSSR count). The van der Waals surface area contributed by atoms with Gasteiger partial charge in [-0.3, -0.25) is 4.79 Å². The van der Waals surface area contributed by atoms with Crippen LogP contribution in [0, 0.1) is 26.2 Å². The number of terminal acetylenes is 1. The summed E-state index contributed by atoms with van der Waals surface area (Å²) < 4.78 is 5.25. The van der Waals surface area contributed by atoms with Crippen LogP contribution in [0.25, 0.3) is 22.4 Å². The van der Waals surface area contributed by atoms with E-state index in [1.165, 1.54) is 0 Å². The molecule has 0 radical (unpaired) electrons. The average molecular weight is 305 g/mol. The minimum atomic E-state index is -0.269. The molecular formula is C18H15N3O2. The lowest BCUT2D eigenvalue weighted by Gasteiger charge is -2.07. The molecule has 0 aliphatic heterocycles. The van der Waals surface area contributed by atoms with Gasteiger partial charge in [0.1, 0.15) is 0 Å². The molecule has 0 atom stereocenters. The van der Waals surface area contributed by atoms with Gasteiger partial charge in [0.25, 0.3) is 11.6 Å². The Labute approximate surface area is 133 Å². The van der Waals surface area contributed by atoms with Crippen molar-refractivity contribution in [1.82, 2.24) is 15.5 Å². The monoisotopic (exact) mass is 305 g/mol. The van der Waals surface area contributed by atoms with E-state index in [-0.39, 0.29) is 12.5 Å².